The molecule has 1 heterocycles. The van der Waals surface area contributed by atoms with Gasteiger partial charge in [0.15, 0.2) is 0 Å². The number of hydrogen-bond acceptors (Lipinski definition) is 2. The quantitative estimate of drug-likeness (QED) is 0.577. The minimum absolute atomic E-state index is 0.811. The molecule has 1 aromatic heterocycles. The maximum atomic E-state index is 5.21. The van der Waals surface area contributed by atoms with Crippen LogP contribution in [-0.4, -0.2) is 21.6 Å². The van der Waals surface area contributed by atoms with E-state index in [9.17, 15) is 0 Å². The van der Waals surface area contributed by atoms with Crippen molar-refractivity contribution in [2.45, 2.75) is 0 Å². The van der Waals surface area contributed by atoms with Crippen LogP contribution in [0.2, 0.25) is 0 Å². The van der Waals surface area contributed by atoms with Crippen molar-refractivity contribution in [3.8, 4) is 17.0 Å². The van der Waals surface area contributed by atoms with Crippen molar-refractivity contribution in [2.24, 2.45) is 0 Å². The Morgan fingerprint density at radius 3 is 2.60 bits per heavy atom. The molecule has 0 aliphatic rings. The number of pyridine rings is 1. The van der Waals surface area contributed by atoms with Crippen LogP contribution in [0.3, 0.4) is 0 Å². The lowest BCUT2D eigenvalue weighted by Crippen LogP contribution is -1.99. The predicted octanol–water partition coefficient (Wildman–Crippen LogP) is 1.71. The molecule has 0 fully saturated rings. The lowest BCUT2D eigenvalue weighted by molar-refractivity contribution is 0.618. The van der Waals surface area contributed by atoms with Crippen molar-refractivity contribution >= 4 is 31.3 Å². The molecule has 0 N–H and O–H groups in total. The fourth-order valence-electron chi connectivity index (χ4n) is 1.38. The smallest absolute Gasteiger partial charge is 0.482 e. The van der Waals surface area contributed by atoms with Gasteiger partial charge in [-0.05, 0) is 24.3 Å². The summed E-state index contributed by atoms with van der Waals surface area (Å²) in [5.41, 5.74) is 2.84. The number of para-hydroxylation sites is 1. The second-order valence-electron chi connectivity index (χ2n) is 3.06. The molecule has 0 saturated carbocycles. The van der Waals surface area contributed by atoms with Gasteiger partial charge in [0.25, 0.3) is 0 Å². The minimum Gasteiger partial charge on any atom is -0.653 e. The zero-order valence-corrected chi connectivity index (χ0v) is 10.4. The van der Waals surface area contributed by atoms with E-state index in [-0.39, 0.29) is 0 Å². The number of nitrogens with zero attached hydrogens (tertiary/aromatic N) is 1. The third-order valence-electron chi connectivity index (χ3n) is 2.06. The Morgan fingerprint density at radius 1 is 1.07 bits per heavy atom. The molecule has 2 rings (SSSR count). The van der Waals surface area contributed by atoms with Crippen LogP contribution in [0, 0.1) is 0 Å². The highest BCUT2D eigenvalue weighted by molar-refractivity contribution is 7.26. The van der Waals surface area contributed by atoms with Crippen molar-refractivity contribution in [1.29, 1.82) is 0 Å². The molecule has 1 unspecified atom stereocenters. The van der Waals surface area contributed by atoms with E-state index in [0.717, 1.165) is 22.4 Å². The molecule has 0 amide bonds. The molecule has 2 nitrogen and oxygen atoms in total. The normalized spacial score (nSPS) is 9.93. The van der Waals surface area contributed by atoms with E-state index in [1.54, 1.807) is 0 Å². The van der Waals surface area contributed by atoms with Crippen molar-refractivity contribution in [2.75, 3.05) is 0 Å². The Bertz CT molecular complexity index is 476. The molecule has 0 spiro atoms. The maximum absolute atomic E-state index is 5.21. The molecule has 0 bridgehead atoms. The van der Waals surface area contributed by atoms with Gasteiger partial charge in [0, 0.05) is 5.56 Å². The van der Waals surface area contributed by atoms with Crippen LogP contribution in [0.4, 0.5) is 0 Å². The Morgan fingerprint density at radius 2 is 1.87 bits per heavy atom. The lowest BCUT2D eigenvalue weighted by Gasteiger charge is -2.09. The molecular formula is C11H9AlNOP. The summed E-state index contributed by atoms with van der Waals surface area (Å²) in [5.74, 6) is 0.811. The second kappa shape index (κ2) is 4.77. The average molecular weight is 229 g/mol. The second-order valence-corrected chi connectivity index (χ2v) is 3.89. The monoisotopic (exact) mass is 229 g/mol. The number of benzene rings is 1. The van der Waals surface area contributed by atoms with E-state index in [1.165, 1.54) is 0 Å². The fourth-order valence-corrected chi connectivity index (χ4v) is 1.84. The highest BCUT2D eigenvalue weighted by Crippen LogP contribution is 2.27. The molecule has 15 heavy (non-hydrogen) atoms. The van der Waals surface area contributed by atoms with Gasteiger partial charge in [-0.25, -0.2) is 4.98 Å². The molecule has 0 aliphatic carbocycles. The summed E-state index contributed by atoms with van der Waals surface area (Å²) >= 11 is 2.26. The molecular weight excluding hydrogens is 220 g/mol. The SMILES string of the molecule is [Al][O]c1ccccc1-c1cccc(P)n1. The summed E-state index contributed by atoms with van der Waals surface area (Å²) < 4.78 is 5.21. The zero-order chi connectivity index (χ0) is 10.7. The van der Waals surface area contributed by atoms with Crippen molar-refractivity contribution in [3.63, 3.8) is 0 Å². The van der Waals surface area contributed by atoms with E-state index in [2.05, 4.69) is 30.8 Å². The molecule has 2 radical (unpaired) electrons. The van der Waals surface area contributed by atoms with Crippen LogP contribution < -0.4 is 9.22 Å². The first-order valence-corrected chi connectivity index (χ1v) is 5.55. The molecule has 1 aromatic carbocycles. The van der Waals surface area contributed by atoms with E-state index < -0.39 is 0 Å². The number of aromatic nitrogens is 1. The van der Waals surface area contributed by atoms with Gasteiger partial charge in [0.1, 0.15) is 0 Å². The summed E-state index contributed by atoms with van der Waals surface area (Å²) in [5, 5.41) is 0. The van der Waals surface area contributed by atoms with Crippen molar-refractivity contribution in [1.82, 2.24) is 4.98 Å². The summed E-state index contributed by atoms with van der Waals surface area (Å²) in [6.45, 7) is 0. The van der Waals surface area contributed by atoms with Gasteiger partial charge in [0.05, 0.1) is 16.9 Å². The average Bonchev–Trinajstić information content (AvgIpc) is 2.29. The van der Waals surface area contributed by atoms with E-state index in [0.29, 0.717) is 0 Å². The van der Waals surface area contributed by atoms with Crippen molar-refractivity contribution < 1.29 is 3.79 Å². The third kappa shape index (κ3) is 2.38. The van der Waals surface area contributed by atoms with Crippen LogP contribution in [-0.2, 0) is 0 Å². The summed E-state index contributed by atoms with van der Waals surface area (Å²) in [6, 6.07) is 13.7. The minimum atomic E-state index is 0.811. The molecule has 2 aromatic rings. The van der Waals surface area contributed by atoms with Crippen LogP contribution in [0.1, 0.15) is 0 Å². The maximum Gasteiger partial charge on any atom is 0.482 e. The van der Waals surface area contributed by atoms with Gasteiger partial charge >= 0.3 is 16.6 Å². The molecule has 1 atom stereocenters. The van der Waals surface area contributed by atoms with Gasteiger partial charge in [-0.15, -0.1) is 0 Å². The summed E-state index contributed by atoms with van der Waals surface area (Å²) in [4.78, 5) is 4.43. The van der Waals surface area contributed by atoms with E-state index in [1.807, 2.05) is 42.5 Å². The van der Waals surface area contributed by atoms with Crippen LogP contribution in [0.15, 0.2) is 42.5 Å². The van der Waals surface area contributed by atoms with E-state index >= 15 is 0 Å². The third-order valence-corrected chi connectivity index (χ3v) is 2.64. The highest BCUT2D eigenvalue weighted by atomic mass is 31.0. The number of hydrogen-bond donors (Lipinski definition) is 0. The highest BCUT2D eigenvalue weighted by Gasteiger charge is 2.04. The first kappa shape index (κ1) is 10.6. The molecule has 72 valence electrons. The zero-order valence-electron chi connectivity index (χ0n) is 8.05. The van der Waals surface area contributed by atoms with Crippen molar-refractivity contribution in [3.05, 3.63) is 42.5 Å². The van der Waals surface area contributed by atoms with Gasteiger partial charge in [-0.3, -0.25) is 0 Å². The van der Waals surface area contributed by atoms with Gasteiger partial charge in [0.2, 0.25) is 0 Å². The topological polar surface area (TPSA) is 22.1 Å². The largest absolute Gasteiger partial charge is 0.653 e. The molecule has 0 aliphatic heterocycles. The standard InChI is InChI=1S/C11H10NOP.Al/c13-10-6-2-1-4-8(10)9-5-3-7-11(14)12-9;/h1-7,13H,14H2;/q;+1/p-1. The fraction of sp³-hybridized carbons (Fsp3) is 0. The van der Waals surface area contributed by atoms with Gasteiger partial charge in [-0.2, -0.15) is 0 Å². The first-order chi connectivity index (χ1) is 7.31. The van der Waals surface area contributed by atoms with Gasteiger partial charge in [-0.1, -0.05) is 27.4 Å². The Balaban J connectivity index is 2.53. The first-order valence-electron chi connectivity index (χ1n) is 4.50. The lowest BCUT2D eigenvalue weighted by atomic mass is 10.1. The predicted molar refractivity (Wildman–Crippen MR) is 65.4 cm³/mol. The van der Waals surface area contributed by atoms with E-state index in [4.69, 9.17) is 3.79 Å². The Hall–Kier alpha value is -0.868. The Kier molecular flexibility index (Phi) is 3.38. The van der Waals surface area contributed by atoms with Gasteiger partial charge < -0.3 is 3.79 Å². The van der Waals surface area contributed by atoms with Crippen LogP contribution >= 0.6 is 9.24 Å². The summed E-state index contributed by atoms with van der Waals surface area (Å²) in [7, 11) is 2.59. The number of rotatable bonds is 2. The Labute approximate surface area is 99.7 Å². The summed E-state index contributed by atoms with van der Waals surface area (Å²) in [6.07, 6.45) is 0. The molecule has 4 heteroatoms. The van der Waals surface area contributed by atoms with Crippen LogP contribution in [0.25, 0.3) is 11.3 Å². The van der Waals surface area contributed by atoms with Crippen LogP contribution in [0.5, 0.6) is 5.75 Å². The molecule has 0 saturated heterocycles.